The van der Waals surface area contributed by atoms with E-state index in [4.69, 9.17) is 4.74 Å². The van der Waals surface area contributed by atoms with Crippen LogP contribution in [0.4, 0.5) is 5.69 Å². The predicted octanol–water partition coefficient (Wildman–Crippen LogP) is 4.53. The molecule has 3 rings (SSSR count). The standard InChI is InChI=1S/C19H22N2O2/c1-2-23-19(22)16-6-5-7-17(12-16)20-13-15-10-11-21(14-15)18-8-3-4-9-18/h5-7,10-14,18H,2-4,8-9H2,1H3. The summed E-state index contributed by atoms with van der Waals surface area (Å²) in [5, 5.41) is 0. The molecule has 0 bridgehead atoms. The number of carbonyl (C=O) groups excluding carboxylic acids is 1. The summed E-state index contributed by atoms with van der Waals surface area (Å²) in [6.07, 6.45) is 11.3. The van der Waals surface area contributed by atoms with E-state index in [-0.39, 0.29) is 5.97 Å². The Morgan fingerprint density at radius 1 is 1.35 bits per heavy atom. The van der Waals surface area contributed by atoms with Crippen molar-refractivity contribution in [3.05, 3.63) is 53.9 Å². The maximum atomic E-state index is 11.7. The van der Waals surface area contributed by atoms with Gasteiger partial charge in [-0.3, -0.25) is 4.99 Å². The van der Waals surface area contributed by atoms with Gasteiger partial charge in [-0.15, -0.1) is 0 Å². The molecule has 1 aliphatic carbocycles. The molecule has 4 heteroatoms. The average molecular weight is 310 g/mol. The van der Waals surface area contributed by atoms with Crippen LogP contribution in [-0.4, -0.2) is 23.4 Å². The largest absolute Gasteiger partial charge is 0.462 e. The summed E-state index contributed by atoms with van der Waals surface area (Å²) in [5.74, 6) is -0.308. The SMILES string of the molecule is CCOC(=O)c1cccc(N=Cc2ccn(C3CCCC3)c2)c1. The molecule has 1 fully saturated rings. The summed E-state index contributed by atoms with van der Waals surface area (Å²) in [4.78, 5) is 16.2. The van der Waals surface area contributed by atoms with E-state index >= 15 is 0 Å². The van der Waals surface area contributed by atoms with Crippen molar-refractivity contribution in [3.8, 4) is 0 Å². The number of hydrogen-bond acceptors (Lipinski definition) is 3. The number of rotatable bonds is 5. The minimum absolute atomic E-state index is 0.308. The van der Waals surface area contributed by atoms with Gasteiger partial charge in [0.05, 0.1) is 17.9 Å². The van der Waals surface area contributed by atoms with Crippen molar-refractivity contribution < 1.29 is 9.53 Å². The number of nitrogens with zero attached hydrogens (tertiary/aromatic N) is 2. The van der Waals surface area contributed by atoms with Gasteiger partial charge in [-0.1, -0.05) is 18.9 Å². The van der Waals surface area contributed by atoms with Crippen LogP contribution >= 0.6 is 0 Å². The van der Waals surface area contributed by atoms with E-state index < -0.39 is 0 Å². The summed E-state index contributed by atoms with van der Waals surface area (Å²) in [6, 6.07) is 9.92. The van der Waals surface area contributed by atoms with Crippen molar-refractivity contribution in [1.29, 1.82) is 0 Å². The van der Waals surface area contributed by atoms with E-state index in [1.165, 1.54) is 25.7 Å². The average Bonchev–Trinajstić information content (AvgIpc) is 3.24. The van der Waals surface area contributed by atoms with Crippen molar-refractivity contribution in [2.45, 2.75) is 38.6 Å². The second-order valence-electron chi connectivity index (χ2n) is 5.86. The van der Waals surface area contributed by atoms with E-state index in [9.17, 15) is 4.79 Å². The highest BCUT2D eigenvalue weighted by Crippen LogP contribution is 2.29. The first-order valence-electron chi connectivity index (χ1n) is 8.25. The summed E-state index contributed by atoms with van der Waals surface area (Å²) < 4.78 is 7.31. The molecule has 2 aromatic rings. The molecule has 0 saturated heterocycles. The quantitative estimate of drug-likeness (QED) is 0.601. The van der Waals surface area contributed by atoms with Crippen LogP contribution in [0.15, 0.2) is 47.7 Å². The van der Waals surface area contributed by atoms with Crippen LogP contribution in [0.3, 0.4) is 0 Å². The van der Waals surface area contributed by atoms with Gasteiger partial charge in [0.1, 0.15) is 0 Å². The Bertz CT molecular complexity index is 697. The molecule has 0 amide bonds. The van der Waals surface area contributed by atoms with Crippen LogP contribution in [0.1, 0.15) is 54.6 Å². The second-order valence-corrected chi connectivity index (χ2v) is 5.86. The number of carbonyl (C=O) groups is 1. The van der Waals surface area contributed by atoms with Crippen LogP contribution < -0.4 is 0 Å². The third kappa shape index (κ3) is 3.89. The molecular formula is C19H22N2O2. The Balaban J connectivity index is 1.70. The monoisotopic (exact) mass is 310 g/mol. The molecule has 0 radical (unpaired) electrons. The third-order valence-corrected chi connectivity index (χ3v) is 4.20. The number of benzene rings is 1. The highest BCUT2D eigenvalue weighted by atomic mass is 16.5. The molecule has 0 unspecified atom stereocenters. The Hall–Kier alpha value is -2.36. The number of aliphatic imine (C=N–C) groups is 1. The van der Waals surface area contributed by atoms with Gasteiger partial charge in [-0.2, -0.15) is 0 Å². The Morgan fingerprint density at radius 2 is 2.17 bits per heavy atom. The fourth-order valence-electron chi connectivity index (χ4n) is 3.01. The first-order valence-corrected chi connectivity index (χ1v) is 8.25. The maximum Gasteiger partial charge on any atom is 0.338 e. The normalized spacial score (nSPS) is 15.3. The van der Waals surface area contributed by atoms with E-state index in [2.05, 4.69) is 28.0 Å². The molecule has 1 aromatic heterocycles. The zero-order valence-electron chi connectivity index (χ0n) is 13.4. The van der Waals surface area contributed by atoms with Gasteiger partial charge >= 0.3 is 5.97 Å². The van der Waals surface area contributed by atoms with Crippen LogP contribution in [0.25, 0.3) is 0 Å². The molecule has 1 aliphatic rings. The number of aromatic nitrogens is 1. The predicted molar refractivity (Wildman–Crippen MR) is 91.6 cm³/mol. The van der Waals surface area contributed by atoms with Crippen LogP contribution in [-0.2, 0) is 4.74 Å². The highest BCUT2D eigenvalue weighted by molar-refractivity contribution is 5.91. The molecule has 0 aliphatic heterocycles. The van der Waals surface area contributed by atoms with Gasteiger partial charge in [0.25, 0.3) is 0 Å². The summed E-state index contributed by atoms with van der Waals surface area (Å²) in [5.41, 5.74) is 2.37. The molecule has 1 saturated carbocycles. The minimum Gasteiger partial charge on any atom is -0.462 e. The Labute approximate surface area is 136 Å². The van der Waals surface area contributed by atoms with E-state index in [0.717, 1.165) is 11.3 Å². The van der Waals surface area contributed by atoms with Crippen LogP contribution in [0, 0.1) is 0 Å². The number of esters is 1. The Kier molecular flexibility index (Phi) is 4.91. The van der Waals surface area contributed by atoms with Gasteiger partial charge in [0.15, 0.2) is 0 Å². The molecule has 120 valence electrons. The summed E-state index contributed by atoms with van der Waals surface area (Å²) in [6.45, 7) is 2.18. The molecule has 0 N–H and O–H groups in total. The van der Waals surface area contributed by atoms with Crippen LogP contribution in [0.2, 0.25) is 0 Å². The highest BCUT2D eigenvalue weighted by Gasteiger charge is 2.15. The van der Waals surface area contributed by atoms with Gasteiger partial charge in [0.2, 0.25) is 0 Å². The van der Waals surface area contributed by atoms with Crippen molar-refractivity contribution in [2.24, 2.45) is 4.99 Å². The fraction of sp³-hybridized carbons (Fsp3) is 0.368. The van der Waals surface area contributed by atoms with E-state index in [1.807, 2.05) is 18.3 Å². The minimum atomic E-state index is -0.308. The lowest BCUT2D eigenvalue weighted by Crippen LogP contribution is -2.03. The lowest BCUT2D eigenvalue weighted by Gasteiger charge is -2.10. The second kappa shape index (κ2) is 7.27. The summed E-state index contributed by atoms with van der Waals surface area (Å²) >= 11 is 0. The third-order valence-electron chi connectivity index (χ3n) is 4.20. The molecule has 1 aromatic carbocycles. The molecule has 23 heavy (non-hydrogen) atoms. The lowest BCUT2D eigenvalue weighted by atomic mass is 10.2. The van der Waals surface area contributed by atoms with E-state index in [0.29, 0.717) is 18.2 Å². The van der Waals surface area contributed by atoms with Crippen molar-refractivity contribution in [1.82, 2.24) is 4.57 Å². The number of hydrogen-bond donors (Lipinski definition) is 0. The smallest absolute Gasteiger partial charge is 0.338 e. The fourth-order valence-corrected chi connectivity index (χ4v) is 3.01. The van der Waals surface area contributed by atoms with Crippen molar-refractivity contribution in [3.63, 3.8) is 0 Å². The van der Waals surface area contributed by atoms with Crippen molar-refractivity contribution in [2.75, 3.05) is 6.61 Å². The van der Waals surface area contributed by atoms with Gasteiger partial charge in [-0.05, 0) is 44.0 Å². The zero-order chi connectivity index (χ0) is 16.1. The van der Waals surface area contributed by atoms with Crippen molar-refractivity contribution >= 4 is 17.9 Å². The topological polar surface area (TPSA) is 43.6 Å². The molecular weight excluding hydrogens is 288 g/mol. The van der Waals surface area contributed by atoms with Gasteiger partial charge in [0, 0.05) is 30.2 Å². The first kappa shape index (κ1) is 15.5. The number of ether oxygens (including phenoxy) is 1. The molecule has 0 spiro atoms. The first-order chi connectivity index (χ1) is 11.3. The van der Waals surface area contributed by atoms with Gasteiger partial charge < -0.3 is 9.30 Å². The van der Waals surface area contributed by atoms with Gasteiger partial charge in [-0.25, -0.2) is 4.79 Å². The zero-order valence-corrected chi connectivity index (χ0v) is 13.4. The molecule has 1 heterocycles. The summed E-state index contributed by atoms with van der Waals surface area (Å²) in [7, 11) is 0. The lowest BCUT2D eigenvalue weighted by molar-refractivity contribution is 0.0526. The Morgan fingerprint density at radius 3 is 2.96 bits per heavy atom. The molecule has 4 nitrogen and oxygen atoms in total. The van der Waals surface area contributed by atoms with E-state index in [1.54, 1.807) is 19.1 Å². The van der Waals surface area contributed by atoms with Crippen LogP contribution in [0.5, 0.6) is 0 Å². The molecule has 0 atom stereocenters. The maximum absolute atomic E-state index is 11.7.